The number of fused-ring (bicyclic) bond motifs is 1. The second-order valence-corrected chi connectivity index (χ2v) is 7.62. The van der Waals surface area contributed by atoms with Gasteiger partial charge in [-0.1, -0.05) is 35.9 Å². The van der Waals surface area contributed by atoms with Crippen molar-refractivity contribution >= 4 is 39.8 Å². The van der Waals surface area contributed by atoms with E-state index in [1.807, 2.05) is 23.9 Å². The van der Waals surface area contributed by atoms with E-state index >= 15 is 0 Å². The lowest BCUT2D eigenvalue weighted by Gasteiger charge is -2.12. The zero-order valence-corrected chi connectivity index (χ0v) is 13.1. The molecule has 1 aliphatic heterocycles. The van der Waals surface area contributed by atoms with E-state index in [9.17, 15) is 4.21 Å². The molecule has 104 valence electrons. The summed E-state index contributed by atoms with van der Waals surface area (Å²) in [5, 5.41) is 0.488. The molecule has 0 aliphatic carbocycles. The zero-order valence-electron chi connectivity index (χ0n) is 10.7. The number of anilines is 1. The van der Waals surface area contributed by atoms with Crippen LogP contribution in [-0.2, 0) is 10.8 Å². The largest absolute Gasteiger partial charge is 0.398 e. The number of hydrogen-bond acceptors (Lipinski definition) is 3. The van der Waals surface area contributed by atoms with Crippen LogP contribution in [-0.4, -0.2) is 15.7 Å². The Bertz CT molecular complexity index is 654. The van der Waals surface area contributed by atoms with Gasteiger partial charge in [0.2, 0.25) is 0 Å². The minimum absolute atomic E-state index is 0.299. The van der Waals surface area contributed by atoms with Crippen molar-refractivity contribution in [2.45, 2.75) is 15.7 Å². The third-order valence-electron chi connectivity index (χ3n) is 3.38. The van der Waals surface area contributed by atoms with Gasteiger partial charge in [0.15, 0.2) is 0 Å². The fraction of sp³-hybridized carbons (Fsp3) is 0.200. The summed E-state index contributed by atoms with van der Waals surface area (Å²) >= 11 is 7.95. The maximum Gasteiger partial charge on any atom is 0.0803 e. The molecule has 0 aromatic heterocycles. The highest BCUT2D eigenvalue weighted by atomic mass is 35.5. The van der Waals surface area contributed by atoms with Crippen LogP contribution < -0.4 is 5.73 Å². The first-order chi connectivity index (χ1) is 9.66. The van der Waals surface area contributed by atoms with Crippen molar-refractivity contribution in [1.29, 1.82) is 0 Å². The Balaban J connectivity index is 1.85. The van der Waals surface area contributed by atoms with Crippen molar-refractivity contribution in [2.75, 3.05) is 17.2 Å². The maximum atomic E-state index is 12.6. The van der Waals surface area contributed by atoms with Crippen LogP contribution in [0.5, 0.6) is 0 Å². The molecule has 0 spiro atoms. The highest BCUT2D eigenvalue weighted by Gasteiger charge is 2.26. The predicted octanol–water partition coefficient (Wildman–Crippen LogP) is 3.92. The van der Waals surface area contributed by atoms with Gasteiger partial charge in [0.1, 0.15) is 0 Å². The van der Waals surface area contributed by atoms with Gasteiger partial charge >= 0.3 is 0 Å². The van der Waals surface area contributed by atoms with Crippen molar-refractivity contribution in [3.63, 3.8) is 0 Å². The summed E-state index contributed by atoms with van der Waals surface area (Å²) in [6.07, 6.45) is 0. The van der Waals surface area contributed by atoms with Crippen LogP contribution in [0.25, 0.3) is 0 Å². The first-order valence-corrected chi connectivity index (χ1v) is 8.99. The van der Waals surface area contributed by atoms with Crippen molar-refractivity contribution in [1.82, 2.24) is 0 Å². The van der Waals surface area contributed by atoms with E-state index in [1.54, 1.807) is 18.2 Å². The van der Waals surface area contributed by atoms with E-state index in [0.717, 1.165) is 5.75 Å². The number of nitrogens with two attached hydrogens (primary N) is 1. The normalized spacial score (nSPS) is 18.8. The van der Waals surface area contributed by atoms with Gasteiger partial charge in [-0.15, -0.1) is 11.8 Å². The van der Waals surface area contributed by atoms with Gasteiger partial charge in [-0.05, 0) is 23.8 Å². The van der Waals surface area contributed by atoms with E-state index in [1.165, 1.54) is 10.5 Å². The molecule has 1 heterocycles. The fourth-order valence-corrected chi connectivity index (χ4v) is 5.69. The molecule has 2 N–H and O–H groups in total. The highest BCUT2D eigenvalue weighted by Crippen LogP contribution is 2.40. The first kappa shape index (κ1) is 14.0. The van der Waals surface area contributed by atoms with E-state index in [4.69, 9.17) is 17.3 Å². The second kappa shape index (κ2) is 5.80. The molecule has 2 unspecified atom stereocenters. The molecule has 0 amide bonds. The van der Waals surface area contributed by atoms with Gasteiger partial charge in [0.05, 0.1) is 20.7 Å². The third kappa shape index (κ3) is 2.60. The Morgan fingerprint density at radius 3 is 2.85 bits per heavy atom. The Kier molecular flexibility index (Phi) is 4.06. The van der Waals surface area contributed by atoms with Gasteiger partial charge in [0, 0.05) is 28.0 Å². The minimum atomic E-state index is -1.17. The lowest BCUT2D eigenvalue weighted by Crippen LogP contribution is -2.11. The Labute approximate surface area is 130 Å². The van der Waals surface area contributed by atoms with Crippen molar-refractivity contribution in [3.05, 3.63) is 53.1 Å². The third-order valence-corrected chi connectivity index (χ3v) is 6.67. The molecule has 0 radical (unpaired) electrons. The molecule has 2 nitrogen and oxygen atoms in total. The monoisotopic (exact) mass is 323 g/mol. The summed E-state index contributed by atoms with van der Waals surface area (Å²) in [4.78, 5) is 1.87. The van der Waals surface area contributed by atoms with Crippen LogP contribution in [0.1, 0.15) is 11.5 Å². The molecule has 0 fully saturated rings. The Morgan fingerprint density at radius 2 is 2.05 bits per heavy atom. The number of halogens is 1. The topological polar surface area (TPSA) is 43.1 Å². The van der Waals surface area contributed by atoms with Gasteiger partial charge in [-0.25, -0.2) is 0 Å². The van der Waals surface area contributed by atoms with Crippen molar-refractivity contribution < 1.29 is 4.21 Å². The van der Waals surface area contributed by atoms with Crippen LogP contribution in [0, 0.1) is 0 Å². The zero-order chi connectivity index (χ0) is 14.1. The average molecular weight is 324 g/mol. The molecule has 2 aromatic rings. The van der Waals surface area contributed by atoms with Gasteiger partial charge in [0.25, 0.3) is 0 Å². The van der Waals surface area contributed by atoms with Gasteiger partial charge in [-0.3, -0.25) is 4.21 Å². The second-order valence-electron chi connectivity index (χ2n) is 4.72. The molecule has 1 aliphatic rings. The van der Waals surface area contributed by atoms with Crippen LogP contribution in [0.4, 0.5) is 5.69 Å². The number of hydrogen-bond donors (Lipinski definition) is 1. The quantitative estimate of drug-likeness (QED) is 0.871. The maximum absolute atomic E-state index is 12.6. The number of nitrogen functional groups attached to an aromatic ring is 1. The fourth-order valence-electron chi connectivity index (χ4n) is 2.40. The molecule has 0 bridgehead atoms. The highest BCUT2D eigenvalue weighted by molar-refractivity contribution is 7.99. The molecule has 3 rings (SSSR count). The molecule has 2 aromatic carbocycles. The van der Waals surface area contributed by atoms with Crippen LogP contribution >= 0.6 is 23.4 Å². The molecule has 2 atom stereocenters. The molecule has 5 heteroatoms. The summed E-state index contributed by atoms with van der Waals surface area (Å²) in [7, 11) is -1.17. The van der Waals surface area contributed by atoms with Crippen molar-refractivity contribution in [3.8, 4) is 0 Å². The van der Waals surface area contributed by atoms with E-state index in [2.05, 4.69) is 12.1 Å². The number of benzene rings is 2. The summed E-state index contributed by atoms with van der Waals surface area (Å²) < 4.78 is 12.6. The molecule has 0 saturated heterocycles. The van der Waals surface area contributed by atoms with E-state index in [0.29, 0.717) is 27.3 Å². The predicted molar refractivity (Wildman–Crippen MR) is 87.0 cm³/mol. The lowest BCUT2D eigenvalue weighted by atomic mass is 10.0. The van der Waals surface area contributed by atoms with Crippen LogP contribution in [0.3, 0.4) is 0 Å². The molecular formula is C15H14ClNOS2. The SMILES string of the molecule is Nc1cccc(Cl)c1S(=O)CC1CSc2ccccc21. The van der Waals surface area contributed by atoms with Crippen LogP contribution in [0.2, 0.25) is 5.02 Å². The van der Waals surface area contributed by atoms with Gasteiger partial charge in [-0.2, -0.15) is 0 Å². The Morgan fingerprint density at radius 1 is 1.25 bits per heavy atom. The van der Waals surface area contributed by atoms with Crippen molar-refractivity contribution in [2.24, 2.45) is 0 Å². The summed E-state index contributed by atoms with van der Waals surface area (Å²) in [6.45, 7) is 0. The van der Waals surface area contributed by atoms with Gasteiger partial charge < -0.3 is 5.73 Å². The van der Waals surface area contributed by atoms with E-state index in [-0.39, 0.29) is 0 Å². The average Bonchev–Trinajstić information content (AvgIpc) is 2.82. The molecule has 0 saturated carbocycles. The summed E-state index contributed by atoms with van der Waals surface area (Å²) in [5.74, 6) is 1.83. The summed E-state index contributed by atoms with van der Waals surface area (Å²) in [6, 6.07) is 13.6. The summed E-state index contributed by atoms with van der Waals surface area (Å²) in [5.41, 5.74) is 7.71. The first-order valence-electron chi connectivity index (χ1n) is 6.31. The Hall–Kier alpha value is -0.970. The smallest absolute Gasteiger partial charge is 0.0803 e. The standard InChI is InChI=1S/C15H14ClNOS2/c16-12-5-3-6-13(17)15(12)20(18)9-10-8-19-14-7-2-1-4-11(10)14/h1-7,10H,8-9,17H2. The lowest BCUT2D eigenvalue weighted by molar-refractivity contribution is 0.678. The van der Waals surface area contributed by atoms with E-state index < -0.39 is 10.8 Å². The molecular weight excluding hydrogens is 310 g/mol. The number of thioether (sulfide) groups is 1. The van der Waals surface area contributed by atoms with Crippen LogP contribution in [0.15, 0.2) is 52.3 Å². The number of rotatable bonds is 3. The minimum Gasteiger partial charge on any atom is -0.398 e. The molecule has 20 heavy (non-hydrogen) atoms.